The fourth-order valence-corrected chi connectivity index (χ4v) is 2.37. The third kappa shape index (κ3) is 14.6. The van der Waals surface area contributed by atoms with Crippen LogP contribution in [0.1, 0.15) is 45.6 Å². The molecule has 0 bridgehead atoms. The molecule has 0 atom stereocenters. The number of carbonyl (C=O) groups is 4. The van der Waals surface area contributed by atoms with E-state index in [0.717, 1.165) is 5.56 Å². The second-order valence-corrected chi connectivity index (χ2v) is 8.00. The zero-order chi connectivity index (χ0) is 23.8. The van der Waals surface area contributed by atoms with Gasteiger partial charge in [-0.3, -0.25) is 9.59 Å². The van der Waals surface area contributed by atoms with Gasteiger partial charge >= 0.3 is 12.2 Å². The lowest BCUT2D eigenvalue weighted by atomic mass is 10.2. The Morgan fingerprint density at radius 1 is 0.750 bits per heavy atom. The molecule has 0 radical (unpaired) electrons. The summed E-state index contributed by atoms with van der Waals surface area (Å²) in [5.41, 5.74) is 0.334. The number of benzene rings is 1. The fraction of sp³-hybridized carbons (Fsp3) is 0.545. The van der Waals surface area contributed by atoms with Gasteiger partial charge in [-0.1, -0.05) is 30.3 Å². The number of amides is 4. The van der Waals surface area contributed by atoms with Crippen LogP contribution in [0.2, 0.25) is 0 Å². The summed E-state index contributed by atoms with van der Waals surface area (Å²) in [6.07, 6.45) is -0.308. The Hall–Kier alpha value is -3.30. The molecule has 0 aliphatic carbocycles. The van der Waals surface area contributed by atoms with Gasteiger partial charge in [0.1, 0.15) is 18.6 Å². The van der Waals surface area contributed by atoms with Crippen LogP contribution in [0.25, 0.3) is 0 Å². The van der Waals surface area contributed by atoms with E-state index in [1.165, 1.54) is 0 Å². The topological polar surface area (TPSA) is 135 Å². The third-order valence-electron chi connectivity index (χ3n) is 3.82. The molecule has 4 amide bonds. The SMILES string of the molecule is CC(C)(C)OC(=O)NCCCNC(=O)CC(=O)NCCCNC(=O)OCc1ccccc1. The molecule has 0 saturated carbocycles. The highest BCUT2D eigenvalue weighted by atomic mass is 16.6. The van der Waals surface area contributed by atoms with Crippen LogP contribution < -0.4 is 21.3 Å². The van der Waals surface area contributed by atoms with Gasteiger partial charge in [-0.05, 0) is 39.2 Å². The molecule has 32 heavy (non-hydrogen) atoms. The van der Waals surface area contributed by atoms with Gasteiger partial charge in [-0.2, -0.15) is 0 Å². The van der Waals surface area contributed by atoms with E-state index in [-0.39, 0.29) is 13.0 Å². The van der Waals surface area contributed by atoms with Crippen LogP contribution >= 0.6 is 0 Å². The summed E-state index contributed by atoms with van der Waals surface area (Å²) in [5, 5.41) is 10.4. The maximum Gasteiger partial charge on any atom is 0.407 e. The van der Waals surface area contributed by atoms with Crippen molar-refractivity contribution in [1.82, 2.24) is 21.3 Å². The van der Waals surface area contributed by atoms with Crippen LogP contribution in [-0.4, -0.2) is 55.8 Å². The van der Waals surface area contributed by atoms with Gasteiger partial charge in [-0.15, -0.1) is 0 Å². The van der Waals surface area contributed by atoms with E-state index in [2.05, 4.69) is 21.3 Å². The minimum atomic E-state index is -0.562. The van der Waals surface area contributed by atoms with Gasteiger partial charge in [0.25, 0.3) is 0 Å². The van der Waals surface area contributed by atoms with Crippen LogP contribution in [0.15, 0.2) is 30.3 Å². The summed E-state index contributed by atoms with van der Waals surface area (Å²) in [6.45, 7) is 6.85. The van der Waals surface area contributed by atoms with Crippen molar-refractivity contribution in [3.63, 3.8) is 0 Å². The average Bonchev–Trinajstić information content (AvgIpc) is 2.71. The van der Waals surface area contributed by atoms with Gasteiger partial charge in [-0.25, -0.2) is 9.59 Å². The Kier molecular flexibility index (Phi) is 12.2. The zero-order valence-electron chi connectivity index (χ0n) is 19.0. The molecule has 0 aliphatic heterocycles. The summed E-state index contributed by atoms with van der Waals surface area (Å²) in [4.78, 5) is 46.6. The van der Waals surface area contributed by atoms with Crippen LogP contribution in [-0.2, 0) is 25.7 Å². The second-order valence-electron chi connectivity index (χ2n) is 8.00. The molecular formula is C22H34N4O6. The van der Waals surface area contributed by atoms with E-state index in [4.69, 9.17) is 9.47 Å². The Bertz CT molecular complexity index is 734. The molecule has 0 fully saturated rings. The molecule has 178 valence electrons. The van der Waals surface area contributed by atoms with Gasteiger partial charge < -0.3 is 30.7 Å². The zero-order valence-corrected chi connectivity index (χ0v) is 19.0. The predicted molar refractivity (Wildman–Crippen MR) is 119 cm³/mol. The number of carbonyl (C=O) groups excluding carboxylic acids is 4. The number of alkyl carbamates (subject to hydrolysis) is 2. The highest BCUT2D eigenvalue weighted by Gasteiger charge is 2.15. The Labute approximate surface area is 188 Å². The summed E-state index contributed by atoms with van der Waals surface area (Å²) < 4.78 is 10.2. The Balaban J connectivity index is 1.99. The lowest BCUT2D eigenvalue weighted by molar-refractivity contribution is -0.129. The second kappa shape index (κ2) is 14.7. The van der Waals surface area contributed by atoms with Crippen LogP contribution in [0.5, 0.6) is 0 Å². The van der Waals surface area contributed by atoms with E-state index in [1.807, 2.05) is 30.3 Å². The maximum absolute atomic E-state index is 11.8. The number of nitrogens with one attached hydrogen (secondary N) is 4. The first-order chi connectivity index (χ1) is 15.2. The lowest BCUT2D eigenvalue weighted by Gasteiger charge is -2.19. The van der Waals surface area contributed by atoms with Crippen LogP contribution in [0.4, 0.5) is 9.59 Å². The first kappa shape index (κ1) is 26.7. The van der Waals surface area contributed by atoms with E-state index in [9.17, 15) is 19.2 Å². The van der Waals surface area contributed by atoms with E-state index >= 15 is 0 Å². The van der Waals surface area contributed by atoms with Gasteiger partial charge in [0.15, 0.2) is 0 Å². The summed E-state index contributed by atoms with van der Waals surface area (Å²) >= 11 is 0. The molecule has 1 aromatic carbocycles. The molecule has 0 aliphatic rings. The molecule has 0 saturated heterocycles. The summed E-state index contributed by atoms with van der Waals surface area (Å²) in [6, 6.07) is 9.33. The van der Waals surface area contributed by atoms with Crippen LogP contribution in [0.3, 0.4) is 0 Å². The minimum absolute atomic E-state index is 0.190. The maximum atomic E-state index is 11.8. The molecular weight excluding hydrogens is 416 g/mol. The number of ether oxygens (including phenoxy) is 2. The first-order valence-electron chi connectivity index (χ1n) is 10.6. The Morgan fingerprint density at radius 3 is 1.78 bits per heavy atom. The summed E-state index contributed by atoms with van der Waals surface area (Å²) in [5.74, 6) is -0.802. The number of rotatable bonds is 12. The fourth-order valence-electron chi connectivity index (χ4n) is 2.37. The number of hydrogen-bond donors (Lipinski definition) is 4. The van der Waals surface area contributed by atoms with Crippen molar-refractivity contribution in [2.24, 2.45) is 0 Å². The van der Waals surface area contributed by atoms with Crippen molar-refractivity contribution in [3.05, 3.63) is 35.9 Å². The predicted octanol–water partition coefficient (Wildman–Crippen LogP) is 1.84. The third-order valence-corrected chi connectivity index (χ3v) is 3.82. The lowest BCUT2D eigenvalue weighted by Crippen LogP contribution is -2.36. The molecule has 0 heterocycles. The normalized spacial score (nSPS) is 10.6. The van der Waals surface area contributed by atoms with Gasteiger partial charge in [0, 0.05) is 26.2 Å². The van der Waals surface area contributed by atoms with Crippen molar-refractivity contribution >= 4 is 24.0 Å². The minimum Gasteiger partial charge on any atom is -0.445 e. The van der Waals surface area contributed by atoms with Crippen molar-refractivity contribution in [3.8, 4) is 0 Å². The quantitative estimate of drug-likeness (QED) is 0.283. The highest BCUT2D eigenvalue weighted by Crippen LogP contribution is 2.06. The standard InChI is InChI=1S/C22H34N4O6/c1-22(2,3)32-21(30)26-14-8-12-24-19(28)15-18(27)23-11-7-13-25-20(29)31-16-17-9-5-4-6-10-17/h4-6,9-10H,7-8,11-16H2,1-3H3,(H,23,27)(H,24,28)(H,25,29)(H,26,30). The average molecular weight is 451 g/mol. The smallest absolute Gasteiger partial charge is 0.407 e. The molecule has 4 N–H and O–H groups in total. The molecule has 0 unspecified atom stereocenters. The molecule has 10 nitrogen and oxygen atoms in total. The Morgan fingerprint density at radius 2 is 1.25 bits per heavy atom. The monoisotopic (exact) mass is 450 g/mol. The first-order valence-corrected chi connectivity index (χ1v) is 10.6. The molecule has 0 aromatic heterocycles. The van der Waals surface area contributed by atoms with Crippen molar-refractivity contribution in [2.75, 3.05) is 26.2 Å². The van der Waals surface area contributed by atoms with Crippen molar-refractivity contribution < 1.29 is 28.7 Å². The van der Waals surface area contributed by atoms with E-state index < -0.39 is 29.6 Å². The van der Waals surface area contributed by atoms with Gasteiger partial charge in [0.2, 0.25) is 11.8 Å². The summed E-state index contributed by atoms with van der Waals surface area (Å²) in [7, 11) is 0. The molecule has 1 aromatic rings. The largest absolute Gasteiger partial charge is 0.445 e. The van der Waals surface area contributed by atoms with Crippen molar-refractivity contribution in [1.29, 1.82) is 0 Å². The highest BCUT2D eigenvalue weighted by molar-refractivity contribution is 5.96. The molecule has 0 spiro atoms. The number of hydrogen-bond acceptors (Lipinski definition) is 6. The van der Waals surface area contributed by atoms with Crippen molar-refractivity contribution in [2.45, 2.75) is 52.2 Å². The molecule has 1 rings (SSSR count). The van der Waals surface area contributed by atoms with E-state index in [0.29, 0.717) is 39.0 Å². The van der Waals surface area contributed by atoms with Gasteiger partial charge in [0.05, 0.1) is 0 Å². The van der Waals surface area contributed by atoms with Crippen LogP contribution in [0, 0.1) is 0 Å². The molecule has 10 heteroatoms. The van der Waals surface area contributed by atoms with E-state index in [1.54, 1.807) is 20.8 Å².